The second kappa shape index (κ2) is 14.2. The predicted molar refractivity (Wildman–Crippen MR) is 164 cm³/mol. The number of anilines is 2. The summed E-state index contributed by atoms with van der Waals surface area (Å²) in [6.45, 7) is 8.35. The maximum Gasteiger partial charge on any atom is 0.222 e. The molecule has 0 bridgehead atoms. The van der Waals surface area contributed by atoms with Crippen LogP contribution in [0.4, 0.5) is 11.5 Å². The van der Waals surface area contributed by atoms with Gasteiger partial charge in [-0.2, -0.15) is 0 Å². The molecule has 2 aromatic carbocycles. The Morgan fingerprint density at radius 2 is 1.98 bits per heavy atom. The standard InChI is InChI=1S/C29H33ClN6O4.ClH/c1-5-39-35-19(2)20-7-6-8-22(15-20)40-25-10-9-21(16-23(25)30)34-28-27-24(32-18-33-28)11-13-36(27)14-12-31-26(37)17-29(3,4)38;/h6-11,13,15-16,18,38H,5,12,14,17H2,1-4H3,(H,31,37)(H,32,33,34);1H. The maximum absolute atomic E-state index is 12.1. The van der Waals surface area contributed by atoms with Crippen LogP contribution in [0.5, 0.6) is 11.5 Å². The fourth-order valence-corrected chi connectivity index (χ4v) is 4.22. The molecular weight excluding hydrogens is 567 g/mol. The molecule has 218 valence electrons. The number of ether oxygens (including phenoxy) is 1. The number of halogens is 2. The van der Waals surface area contributed by atoms with Gasteiger partial charge >= 0.3 is 0 Å². The molecule has 41 heavy (non-hydrogen) atoms. The molecule has 3 N–H and O–H groups in total. The Kier molecular flexibility index (Phi) is 10.9. The van der Waals surface area contributed by atoms with Crippen LogP contribution in [0.1, 0.15) is 39.7 Å². The number of nitrogens with zero attached hydrogens (tertiary/aromatic N) is 4. The fourth-order valence-electron chi connectivity index (χ4n) is 4.01. The lowest BCUT2D eigenvalue weighted by atomic mass is 10.1. The SMILES string of the molecule is CCON=C(C)c1cccc(Oc2ccc(Nc3ncnc4ccn(CCNC(=O)CC(C)(C)O)c34)cc2Cl)c1.Cl. The number of hydrogen-bond acceptors (Lipinski definition) is 8. The van der Waals surface area contributed by atoms with Gasteiger partial charge in [-0.05, 0) is 64.1 Å². The minimum Gasteiger partial charge on any atom is -0.456 e. The average molecular weight is 602 g/mol. The number of oxime groups is 1. The number of carbonyl (C=O) groups is 1. The third-order valence-electron chi connectivity index (χ3n) is 5.82. The summed E-state index contributed by atoms with van der Waals surface area (Å²) in [7, 11) is 0. The van der Waals surface area contributed by atoms with Gasteiger partial charge in [0, 0.05) is 30.5 Å². The number of hydrogen-bond donors (Lipinski definition) is 3. The molecule has 10 nitrogen and oxygen atoms in total. The van der Waals surface area contributed by atoms with Crippen LogP contribution in [0.15, 0.2) is 66.2 Å². The van der Waals surface area contributed by atoms with E-state index >= 15 is 0 Å². The summed E-state index contributed by atoms with van der Waals surface area (Å²) >= 11 is 6.58. The van der Waals surface area contributed by atoms with Crippen LogP contribution in [0.2, 0.25) is 5.02 Å². The molecule has 0 atom stereocenters. The van der Waals surface area contributed by atoms with Gasteiger partial charge in [0.25, 0.3) is 0 Å². The third kappa shape index (κ3) is 8.81. The highest BCUT2D eigenvalue weighted by Crippen LogP contribution is 2.33. The predicted octanol–water partition coefficient (Wildman–Crippen LogP) is 6.08. The van der Waals surface area contributed by atoms with E-state index < -0.39 is 5.60 Å². The summed E-state index contributed by atoms with van der Waals surface area (Å²) in [6.07, 6.45) is 3.41. The first-order valence-electron chi connectivity index (χ1n) is 12.9. The molecule has 4 rings (SSSR count). The van der Waals surface area contributed by atoms with Gasteiger partial charge < -0.3 is 29.9 Å². The zero-order chi connectivity index (χ0) is 28.7. The van der Waals surface area contributed by atoms with Crippen LogP contribution in [-0.2, 0) is 16.2 Å². The molecule has 12 heteroatoms. The van der Waals surface area contributed by atoms with Crippen LogP contribution in [0, 0.1) is 0 Å². The Hall–Kier alpha value is -3.86. The van der Waals surface area contributed by atoms with E-state index in [1.54, 1.807) is 26.0 Å². The lowest BCUT2D eigenvalue weighted by molar-refractivity contribution is -0.124. The molecule has 0 saturated heterocycles. The molecule has 2 heterocycles. The van der Waals surface area contributed by atoms with Gasteiger partial charge in [0.1, 0.15) is 29.9 Å². The first-order valence-corrected chi connectivity index (χ1v) is 13.3. The number of benzene rings is 2. The van der Waals surface area contributed by atoms with Crippen LogP contribution >= 0.6 is 24.0 Å². The van der Waals surface area contributed by atoms with Gasteiger partial charge in [-0.15, -0.1) is 12.4 Å². The molecule has 0 aliphatic rings. The van der Waals surface area contributed by atoms with Gasteiger partial charge in [0.2, 0.25) is 5.91 Å². The van der Waals surface area contributed by atoms with E-state index in [2.05, 4.69) is 25.8 Å². The summed E-state index contributed by atoms with van der Waals surface area (Å²) in [5, 5.41) is 20.5. The summed E-state index contributed by atoms with van der Waals surface area (Å²) in [4.78, 5) is 26.0. The molecule has 0 fully saturated rings. The highest BCUT2D eigenvalue weighted by Gasteiger charge is 2.18. The quantitative estimate of drug-likeness (QED) is 0.133. The number of carbonyl (C=O) groups excluding carboxylic acids is 1. The van der Waals surface area contributed by atoms with E-state index in [0.29, 0.717) is 42.0 Å². The minimum atomic E-state index is -1.06. The van der Waals surface area contributed by atoms with Crippen molar-refractivity contribution in [2.75, 3.05) is 18.5 Å². The molecule has 0 unspecified atom stereocenters. The Balaban J connectivity index is 0.00000462. The van der Waals surface area contributed by atoms with Crippen molar-refractivity contribution in [2.24, 2.45) is 5.16 Å². The normalized spacial score (nSPS) is 11.6. The van der Waals surface area contributed by atoms with Gasteiger partial charge in [-0.25, -0.2) is 9.97 Å². The zero-order valence-corrected chi connectivity index (χ0v) is 24.9. The number of aliphatic hydroxyl groups is 1. The molecule has 0 aliphatic carbocycles. The summed E-state index contributed by atoms with van der Waals surface area (Å²) in [5.74, 6) is 1.51. The van der Waals surface area contributed by atoms with E-state index in [9.17, 15) is 9.90 Å². The second-order valence-electron chi connectivity index (χ2n) is 9.80. The van der Waals surface area contributed by atoms with Crippen molar-refractivity contribution in [2.45, 2.75) is 46.3 Å². The number of aromatic nitrogens is 3. The first kappa shape index (κ1) is 31.7. The van der Waals surface area contributed by atoms with Gasteiger partial charge in [0.05, 0.1) is 28.3 Å². The number of amides is 1. The lowest BCUT2D eigenvalue weighted by Crippen LogP contribution is -2.33. The van der Waals surface area contributed by atoms with E-state index in [4.69, 9.17) is 21.2 Å². The third-order valence-corrected chi connectivity index (χ3v) is 6.12. The molecule has 0 spiro atoms. The van der Waals surface area contributed by atoms with Crippen molar-refractivity contribution >= 4 is 58.2 Å². The van der Waals surface area contributed by atoms with Crippen molar-refractivity contribution in [3.8, 4) is 11.5 Å². The van der Waals surface area contributed by atoms with Crippen molar-refractivity contribution in [1.29, 1.82) is 0 Å². The van der Waals surface area contributed by atoms with Crippen LogP contribution < -0.4 is 15.4 Å². The number of nitrogens with one attached hydrogen (secondary N) is 2. The maximum atomic E-state index is 12.1. The minimum absolute atomic E-state index is 0. The molecular formula is C29H34Cl2N6O4. The van der Waals surface area contributed by atoms with E-state index in [0.717, 1.165) is 28.0 Å². The Morgan fingerprint density at radius 3 is 2.71 bits per heavy atom. The first-order chi connectivity index (χ1) is 19.1. The second-order valence-corrected chi connectivity index (χ2v) is 10.2. The van der Waals surface area contributed by atoms with E-state index in [1.165, 1.54) is 6.33 Å². The van der Waals surface area contributed by atoms with Crippen LogP contribution in [-0.4, -0.2) is 50.0 Å². The van der Waals surface area contributed by atoms with Gasteiger partial charge in [-0.1, -0.05) is 28.9 Å². The molecule has 2 aromatic heterocycles. The van der Waals surface area contributed by atoms with Gasteiger partial charge in [0.15, 0.2) is 5.82 Å². The number of fused-ring (bicyclic) bond motifs is 1. The van der Waals surface area contributed by atoms with Crippen molar-refractivity contribution < 1.29 is 19.5 Å². The van der Waals surface area contributed by atoms with Crippen molar-refractivity contribution in [3.63, 3.8) is 0 Å². The van der Waals surface area contributed by atoms with Crippen molar-refractivity contribution in [3.05, 3.63) is 71.6 Å². The molecule has 1 amide bonds. The molecule has 0 radical (unpaired) electrons. The summed E-state index contributed by atoms with van der Waals surface area (Å²) in [5.41, 5.74) is 2.84. The number of rotatable bonds is 12. The fraction of sp³-hybridized carbons (Fsp3) is 0.310. The monoisotopic (exact) mass is 600 g/mol. The Morgan fingerprint density at radius 1 is 1.17 bits per heavy atom. The van der Waals surface area contributed by atoms with Crippen molar-refractivity contribution in [1.82, 2.24) is 19.9 Å². The highest BCUT2D eigenvalue weighted by atomic mass is 35.5. The summed E-state index contributed by atoms with van der Waals surface area (Å²) in [6, 6.07) is 14.8. The topological polar surface area (TPSA) is 123 Å². The molecule has 0 aliphatic heterocycles. The highest BCUT2D eigenvalue weighted by molar-refractivity contribution is 6.32. The molecule has 0 saturated carbocycles. The van der Waals surface area contributed by atoms with E-state index in [-0.39, 0.29) is 24.7 Å². The average Bonchev–Trinajstić information content (AvgIpc) is 3.32. The smallest absolute Gasteiger partial charge is 0.222 e. The van der Waals surface area contributed by atoms with E-state index in [1.807, 2.05) is 61.0 Å². The molecule has 4 aromatic rings. The van der Waals surface area contributed by atoms with Crippen LogP contribution in [0.3, 0.4) is 0 Å². The Labute approximate surface area is 250 Å². The largest absolute Gasteiger partial charge is 0.456 e. The van der Waals surface area contributed by atoms with Gasteiger partial charge in [-0.3, -0.25) is 4.79 Å². The lowest BCUT2D eigenvalue weighted by Gasteiger charge is -2.16. The zero-order valence-electron chi connectivity index (χ0n) is 23.3. The Bertz CT molecular complexity index is 1520. The summed E-state index contributed by atoms with van der Waals surface area (Å²) < 4.78 is 8.01. The van der Waals surface area contributed by atoms with Crippen LogP contribution in [0.25, 0.3) is 11.0 Å².